The molecule has 1 aliphatic heterocycles. The predicted molar refractivity (Wildman–Crippen MR) is 83.2 cm³/mol. The second kappa shape index (κ2) is 8.41. The molecule has 0 saturated carbocycles. The van der Waals surface area contributed by atoms with Gasteiger partial charge < -0.3 is 35.2 Å². The molecule has 1 fully saturated rings. The minimum atomic E-state index is -1.51. The van der Waals surface area contributed by atoms with Gasteiger partial charge in [0.2, 0.25) is 5.91 Å². The van der Waals surface area contributed by atoms with Gasteiger partial charge in [0.25, 0.3) is 0 Å². The molecule has 8 nitrogen and oxygen atoms in total. The summed E-state index contributed by atoms with van der Waals surface area (Å²) in [6, 6.07) is 7.29. The highest BCUT2D eigenvalue weighted by Gasteiger charge is 2.43. The number of benzene rings is 1. The van der Waals surface area contributed by atoms with Gasteiger partial charge in [-0.1, -0.05) is 12.1 Å². The molecule has 5 N–H and O–H groups in total. The highest BCUT2D eigenvalue weighted by Crippen LogP contribution is 2.20. The van der Waals surface area contributed by atoms with Crippen LogP contribution in [0.4, 0.5) is 0 Å². The van der Waals surface area contributed by atoms with Crippen molar-refractivity contribution in [2.24, 2.45) is 0 Å². The standard InChI is InChI=1S/C16H23NO7/c1-23-10-5-2-9(3-6-10)4-7-12(19)17-16-15(22)14(21)13(20)11(8-18)24-16/h2-3,5-6,11,13-16,18,20-22H,4,7-8H2,1H3,(H,17,19)/t11-,13+,14+,15-,16-/m1/s1. The minimum Gasteiger partial charge on any atom is -0.497 e. The zero-order chi connectivity index (χ0) is 17.7. The van der Waals surface area contributed by atoms with Crippen LogP contribution in [0.25, 0.3) is 0 Å². The number of hydrogen-bond acceptors (Lipinski definition) is 7. The Hall–Kier alpha value is -1.71. The summed E-state index contributed by atoms with van der Waals surface area (Å²) >= 11 is 0. The van der Waals surface area contributed by atoms with Crippen LogP contribution in [-0.4, -0.2) is 70.7 Å². The van der Waals surface area contributed by atoms with Crippen molar-refractivity contribution in [1.29, 1.82) is 0 Å². The van der Waals surface area contributed by atoms with Gasteiger partial charge in [0.1, 0.15) is 30.2 Å². The third-order valence-corrected chi connectivity index (χ3v) is 4.00. The van der Waals surface area contributed by atoms with E-state index in [2.05, 4.69) is 5.32 Å². The van der Waals surface area contributed by atoms with Gasteiger partial charge in [-0.3, -0.25) is 4.79 Å². The first-order valence-corrected chi connectivity index (χ1v) is 7.69. The van der Waals surface area contributed by atoms with Crippen LogP contribution in [0.5, 0.6) is 5.75 Å². The second-order valence-electron chi connectivity index (χ2n) is 5.67. The quantitative estimate of drug-likeness (QED) is 0.428. The summed E-state index contributed by atoms with van der Waals surface area (Å²) in [7, 11) is 1.57. The highest BCUT2D eigenvalue weighted by atomic mass is 16.6. The molecule has 1 aromatic carbocycles. The van der Waals surface area contributed by atoms with Crippen LogP contribution >= 0.6 is 0 Å². The number of carbonyl (C=O) groups excluding carboxylic acids is 1. The third-order valence-electron chi connectivity index (χ3n) is 4.00. The number of aliphatic hydroxyl groups is 4. The summed E-state index contributed by atoms with van der Waals surface area (Å²) in [4.78, 5) is 12.0. The Labute approximate surface area is 139 Å². The summed E-state index contributed by atoms with van der Waals surface area (Å²) in [6.45, 7) is -0.539. The van der Waals surface area contributed by atoms with Gasteiger partial charge in [0, 0.05) is 6.42 Å². The molecule has 0 aromatic heterocycles. The number of hydrogen-bond donors (Lipinski definition) is 5. The molecule has 2 rings (SSSR count). The van der Waals surface area contributed by atoms with E-state index in [1.807, 2.05) is 12.1 Å². The summed E-state index contributed by atoms with van der Waals surface area (Å²) in [5, 5.41) is 40.8. The average Bonchev–Trinajstić information content (AvgIpc) is 2.60. The van der Waals surface area contributed by atoms with Crippen LogP contribution < -0.4 is 10.1 Å². The fourth-order valence-corrected chi connectivity index (χ4v) is 2.50. The van der Waals surface area contributed by atoms with Gasteiger partial charge in [-0.25, -0.2) is 0 Å². The fourth-order valence-electron chi connectivity index (χ4n) is 2.50. The molecule has 24 heavy (non-hydrogen) atoms. The normalized spacial score (nSPS) is 30.0. The van der Waals surface area contributed by atoms with Crippen LogP contribution in [0.2, 0.25) is 0 Å². The number of aliphatic hydroxyl groups excluding tert-OH is 4. The van der Waals surface area contributed by atoms with E-state index in [4.69, 9.17) is 14.6 Å². The Morgan fingerprint density at radius 3 is 2.42 bits per heavy atom. The maximum Gasteiger partial charge on any atom is 0.222 e. The first-order valence-electron chi connectivity index (χ1n) is 7.69. The maximum absolute atomic E-state index is 12.0. The van der Waals surface area contributed by atoms with Crippen LogP contribution in [0.1, 0.15) is 12.0 Å². The topological polar surface area (TPSA) is 128 Å². The Morgan fingerprint density at radius 2 is 1.83 bits per heavy atom. The van der Waals surface area contributed by atoms with Crippen molar-refractivity contribution in [1.82, 2.24) is 5.32 Å². The van der Waals surface area contributed by atoms with Crippen LogP contribution in [0, 0.1) is 0 Å². The lowest BCUT2D eigenvalue weighted by Crippen LogP contribution is -2.63. The molecular formula is C16H23NO7. The Balaban J connectivity index is 1.86. The number of rotatable bonds is 6. The van der Waals surface area contributed by atoms with Crippen molar-refractivity contribution < 1.29 is 34.7 Å². The van der Waals surface area contributed by atoms with E-state index >= 15 is 0 Å². The molecule has 0 unspecified atom stereocenters. The van der Waals surface area contributed by atoms with E-state index in [1.165, 1.54) is 0 Å². The highest BCUT2D eigenvalue weighted by molar-refractivity contribution is 5.76. The molecular weight excluding hydrogens is 318 g/mol. The number of amides is 1. The molecule has 1 aromatic rings. The Morgan fingerprint density at radius 1 is 1.17 bits per heavy atom. The van der Waals surface area contributed by atoms with E-state index in [9.17, 15) is 20.1 Å². The lowest BCUT2D eigenvalue weighted by atomic mass is 9.98. The molecule has 5 atom stereocenters. The van der Waals surface area contributed by atoms with Crippen molar-refractivity contribution in [3.8, 4) is 5.75 Å². The number of ether oxygens (including phenoxy) is 2. The largest absolute Gasteiger partial charge is 0.497 e. The predicted octanol–water partition coefficient (Wildman–Crippen LogP) is -1.46. The zero-order valence-corrected chi connectivity index (χ0v) is 13.3. The molecule has 1 aliphatic rings. The number of nitrogens with one attached hydrogen (secondary N) is 1. The van der Waals surface area contributed by atoms with Crippen molar-refractivity contribution in [3.63, 3.8) is 0 Å². The lowest BCUT2D eigenvalue weighted by molar-refractivity contribution is -0.235. The Bertz CT molecular complexity index is 534. The van der Waals surface area contributed by atoms with E-state index in [-0.39, 0.29) is 12.3 Å². The lowest BCUT2D eigenvalue weighted by Gasteiger charge is -2.40. The van der Waals surface area contributed by atoms with Crippen molar-refractivity contribution in [2.45, 2.75) is 43.5 Å². The van der Waals surface area contributed by atoms with Gasteiger partial charge in [-0.05, 0) is 24.1 Å². The molecule has 0 radical (unpaired) electrons. The third kappa shape index (κ3) is 4.43. The van der Waals surface area contributed by atoms with Crippen molar-refractivity contribution in [3.05, 3.63) is 29.8 Å². The van der Waals surface area contributed by atoms with Crippen molar-refractivity contribution in [2.75, 3.05) is 13.7 Å². The minimum absolute atomic E-state index is 0.154. The second-order valence-corrected chi connectivity index (χ2v) is 5.67. The van der Waals surface area contributed by atoms with E-state index in [0.29, 0.717) is 6.42 Å². The SMILES string of the molecule is COc1ccc(CCC(=O)N[C@@H]2O[C@H](CO)[C@H](O)[C@H](O)[C@H]2O)cc1. The summed E-state index contributed by atoms with van der Waals surface area (Å²) in [5.41, 5.74) is 0.944. The van der Waals surface area contributed by atoms with Crippen LogP contribution in [0.3, 0.4) is 0 Å². The van der Waals surface area contributed by atoms with Gasteiger partial charge in [-0.15, -0.1) is 0 Å². The molecule has 0 spiro atoms. The molecule has 1 amide bonds. The van der Waals surface area contributed by atoms with E-state index in [1.54, 1.807) is 19.2 Å². The summed E-state index contributed by atoms with van der Waals surface area (Å²) in [6.07, 6.45) is -6.04. The van der Waals surface area contributed by atoms with Gasteiger partial charge >= 0.3 is 0 Å². The molecule has 1 saturated heterocycles. The first-order chi connectivity index (χ1) is 11.5. The molecule has 1 heterocycles. The zero-order valence-electron chi connectivity index (χ0n) is 13.3. The van der Waals surface area contributed by atoms with E-state index in [0.717, 1.165) is 11.3 Å². The number of carbonyl (C=O) groups is 1. The molecule has 0 bridgehead atoms. The molecule has 8 heteroatoms. The number of aryl methyl sites for hydroxylation is 1. The number of methoxy groups -OCH3 is 1. The fraction of sp³-hybridized carbons (Fsp3) is 0.562. The van der Waals surface area contributed by atoms with E-state index < -0.39 is 37.3 Å². The first kappa shape index (κ1) is 18.6. The van der Waals surface area contributed by atoms with Gasteiger partial charge in [-0.2, -0.15) is 0 Å². The Kier molecular flexibility index (Phi) is 6.52. The molecule has 0 aliphatic carbocycles. The monoisotopic (exact) mass is 341 g/mol. The maximum atomic E-state index is 12.0. The average molecular weight is 341 g/mol. The smallest absolute Gasteiger partial charge is 0.222 e. The van der Waals surface area contributed by atoms with Crippen molar-refractivity contribution >= 4 is 5.91 Å². The van der Waals surface area contributed by atoms with Gasteiger partial charge in [0.15, 0.2) is 6.23 Å². The summed E-state index contributed by atoms with van der Waals surface area (Å²) < 4.78 is 10.3. The van der Waals surface area contributed by atoms with Crippen LogP contribution in [-0.2, 0) is 16.0 Å². The van der Waals surface area contributed by atoms with Gasteiger partial charge in [0.05, 0.1) is 13.7 Å². The summed E-state index contributed by atoms with van der Waals surface area (Å²) in [5.74, 6) is 0.347. The van der Waals surface area contributed by atoms with Crippen LogP contribution in [0.15, 0.2) is 24.3 Å². The molecule has 134 valence electrons.